The summed E-state index contributed by atoms with van der Waals surface area (Å²) in [6, 6.07) is 3.86. The number of ether oxygens (including phenoxy) is 1. The average Bonchev–Trinajstić information content (AvgIpc) is 2.83. The van der Waals surface area contributed by atoms with Crippen LogP contribution in [0.25, 0.3) is 0 Å². The summed E-state index contributed by atoms with van der Waals surface area (Å²) in [4.78, 5) is 11.8. The predicted molar refractivity (Wildman–Crippen MR) is 71.7 cm³/mol. The number of aromatic nitrogens is 2. The highest BCUT2D eigenvalue weighted by molar-refractivity contribution is 9.10. The van der Waals surface area contributed by atoms with E-state index in [1.165, 1.54) is 12.1 Å². The molecule has 1 aromatic carbocycles. The molecule has 5 nitrogen and oxygen atoms in total. The molecular weight excluding hydrogens is 331 g/mol. The SMILES string of the molecule is Cc1nnc(CCCOC(=O)c2cc(F)ccc2Br)o1. The number of carbonyl (C=O) groups excluding carboxylic acids is 1. The van der Waals surface area contributed by atoms with E-state index in [1.54, 1.807) is 6.92 Å². The van der Waals surface area contributed by atoms with Crippen LogP contribution in [0.4, 0.5) is 4.39 Å². The molecule has 0 aliphatic heterocycles. The minimum Gasteiger partial charge on any atom is -0.462 e. The molecule has 0 saturated carbocycles. The molecule has 0 saturated heterocycles. The van der Waals surface area contributed by atoms with Crippen molar-refractivity contribution in [3.05, 3.63) is 45.8 Å². The number of halogens is 2. The second-order valence-corrected chi connectivity index (χ2v) is 4.93. The smallest absolute Gasteiger partial charge is 0.339 e. The standard InChI is InChI=1S/C13H12BrFN2O3/c1-8-16-17-12(20-8)3-2-6-19-13(18)10-7-9(15)4-5-11(10)14/h4-5,7H,2-3,6H2,1H3. The van der Waals surface area contributed by atoms with Crippen LogP contribution in [0.15, 0.2) is 27.1 Å². The molecule has 0 fully saturated rings. The van der Waals surface area contributed by atoms with Gasteiger partial charge in [-0.3, -0.25) is 0 Å². The fourth-order valence-corrected chi connectivity index (χ4v) is 1.97. The van der Waals surface area contributed by atoms with Crippen LogP contribution in [-0.4, -0.2) is 22.8 Å². The van der Waals surface area contributed by atoms with Crippen LogP contribution in [-0.2, 0) is 11.2 Å². The summed E-state index contributed by atoms with van der Waals surface area (Å²) in [6.07, 6.45) is 1.08. The molecule has 0 unspecified atom stereocenters. The zero-order chi connectivity index (χ0) is 14.5. The Balaban J connectivity index is 1.82. The Morgan fingerprint density at radius 2 is 2.25 bits per heavy atom. The highest BCUT2D eigenvalue weighted by atomic mass is 79.9. The van der Waals surface area contributed by atoms with Gasteiger partial charge in [0.25, 0.3) is 0 Å². The molecule has 0 atom stereocenters. The number of esters is 1. The Kier molecular flexibility index (Phi) is 4.84. The maximum atomic E-state index is 13.1. The molecule has 0 bridgehead atoms. The van der Waals surface area contributed by atoms with E-state index in [0.29, 0.717) is 29.1 Å². The molecule has 1 heterocycles. The Hall–Kier alpha value is -1.76. The maximum Gasteiger partial charge on any atom is 0.339 e. The summed E-state index contributed by atoms with van der Waals surface area (Å²) < 4.78 is 23.8. The second kappa shape index (κ2) is 6.60. The normalized spacial score (nSPS) is 10.6. The summed E-state index contributed by atoms with van der Waals surface area (Å²) in [6.45, 7) is 1.90. The molecule has 2 aromatic rings. The fraction of sp³-hybridized carbons (Fsp3) is 0.308. The average molecular weight is 343 g/mol. The third-order valence-corrected chi connectivity index (χ3v) is 3.18. The molecule has 20 heavy (non-hydrogen) atoms. The highest BCUT2D eigenvalue weighted by Gasteiger charge is 2.12. The van der Waals surface area contributed by atoms with E-state index in [0.717, 1.165) is 6.07 Å². The van der Waals surface area contributed by atoms with Crippen molar-refractivity contribution in [2.75, 3.05) is 6.61 Å². The minimum absolute atomic E-state index is 0.165. The first-order valence-corrected chi connectivity index (χ1v) is 6.76. The van der Waals surface area contributed by atoms with Crippen LogP contribution >= 0.6 is 15.9 Å². The summed E-state index contributed by atoms with van der Waals surface area (Å²) in [5.41, 5.74) is 0.165. The molecular formula is C13H12BrFN2O3. The predicted octanol–water partition coefficient (Wildman–Crippen LogP) is 3.07. The molecule has 0 aliphatic carbocycles. The van der Waals surface area contributed by atoms with E-state index in [2.05, 4.69) is 26.1 Å². The largest absolute Gasteiger partial charge is 0.462 e. The molecule has 0 radical (unpaired) electrons. The lowest BCUT2D eigenvalue weighted by molar-refractivity contribution is 0.0497. The van der Waals surface area contributed by atoms with Gasteiger partial charge >= 0.3 is 5.97 Å². The molecule has 106 valence electrons. The lowest BCUT2D eigenvalue weighted by atomic mass is 10.2. The van der Waals surface area contributed by atoms with Gasteiger partial charge < -0.3 is 9.15 Å². The molecule has 0 aliphatic rings. The van der Waals surface area contributed by atoms with Crippen molar-refractivity contribution in [2.45, 2.75) is 19.8 Å². The fourth-order valence-electron chi connectivity index (χ4n) is 1.56. The number of hydrogen-bond donors (Lipinski definition) is 0. The monoisotopic (exact) mass is 342 g/mol. The minimum atomic E-state index is -0.571. The van der Waals surface area contributed by atoms with Crippen molar-refractivity contribution in [2.24, 2.45) is 0 Å². The van der Waals surface area contributed by atoms with Crippen molar-refractivity contribution in [3.8, 4) is 0 Å². The lowest BCUT2D eigenvalue weighted by Crippen LogP contribution is -2.08. The Morgan fingerprint density at radius 3 is 2.95 bits per heavy atom. The first-order chi connectivity index (χ1) is 9.56. The Bertz CT molecular complexity index is 615. The summed E-state index contributed by atoms with van der Waals surface area (Å²) in [7, 11) is 0. The van der Waals surface area contributed by atoms with E-state index in [9.17, 15) is 9.18 Å². The van der Waals surface area contributed by atoms with Crippen LogP contribution < -0.4 is 0 Å². The van der Waals surface area contributed by atoms with Crippen molar-refractivity contribution in [3.63, 3.8) is 0 Å². The number of hydrogen-bond acceptors (Lipinski definition) is 5. The third-order valence-electron chi connectivity index (χ3n) is 2.48. The number of benzene rings is 1. The van der Waals surface area contributed by atoms with Gasteiger partial charge in [0.05, 0.1) is 12.2 Å². The number of rotatable bonds is 5. The second-order valence-electron chi connectivity index (χ2n) is 4.08. The Labute approximate surface area is 123 Å². The maximum absolute atomic E-state index is 13.1. The lowest BCUT2D eigenvalue weighted by Gasteiger charge is -2.05. The quantitative estimate of drug-likeness (QED) is 0.617. The van der Waals surface area contributed by atoms with Crippen LogP contribution in [0.5, 0.6) is 0 Å². The molecule has 0 amide bonds. The molecule has 2 rings (SSSR count). The highest BCUT2D eigenvalue weighted by Crippen LogP contribution is 2.18. The first kappa shape index (κ1) is 14.6. The van der Waals surface area contributed by atoms with Crippen LogP contribution in [0.3, 0.4) is 0 Å². The zero-order valence-corrected chi connectivity index (χ0v) is 12.3. The summed E-state index contributed by atoms with van der Waals surface area (Å²) in [5.74, 6) is -0.0502. The van der Waals surface area contributed by atoms with Crippen LogP contribution in [0, 0.1) is 12.7 Å². The molecule has 0 N–H and O–H groups in total. The molecule has 7 heteroatoms. The van der Waals surface area contributed by atoms with E-state index in [-0.39, 0.29) is 12.2 Å². The molecule has 1 aromatic heterocycles. The first-order valence-electron chi connectivity index (χ1n) is 5.97. The zero-order valence-electron chi connectivity index (χ0n) is 10.7. The van der Waals surface area contributed by atoms with Crippen molar-refractivity contribution in [1.29, 1.82) is 0 Å². The van der Waals surface area contributed by atoms with Gasteiger partial charge in [-0.1, -0.05) is 0 Å². The number of aryl methyl sites for hydroxylation is 2. The number of nitrogens with zero attached hydrogens (tertiary/aromatic N) is 2. The van der Waals surface area contributed by atoms with E-state index in [1.807, 2.05) is 0 Å². The van der Waals surface area contributed by atoms with Gasteiger partial charge in [-0.05, 0) is 40.5 Å². The van der Waals surface area contributed by atoms with E-state index < -0.39 is 11.8 Å². The van der Waals surface area contributed by atoms with Gasteiger partial charge in [-0.15, -0.1) is 10.2 Å². The summed E-state index contributed by atoms with van der Waals surface area (Å²) in [5, 5.41) is 7.53. The van der Waals surface area contributed by atoms with Crippen LogP contribution in [0.1, 0.15) is 28.6 Å². The van der Waals surface area contributed by atoms with E-state index in [4.69, 9.17) is 9.15 Å². The van der Waals surface area contributed by atoms with Crippen molar-refractivity contribution in [1.82, 2.24) is 10.2 Å². The van der Waals surface area contributed by atoms with Gasteiger partial charge in [0.15, 0.2) is 0 Å². The summed E-state index contributed by atoms with van der Waals surface area (Å²) >= 11 is 3.18. The van der Waals surface area contributed by atoms with Gasteiger partial charge in [0, 0.05) is 17.8 Å². The van der Waals surface area contributed by atoms with Crippen LogP contribution in [0.2, 0.25) is 0 Å². The van der Waals surface area contributed by atoms with E-state index >= 15 is 0 Å². The topological polar surface area (TPSA) is 65.2 Å². The third kappa shape index (κ3) is 3.86. The van der Waals surface area contributed by atoms with Gasteiger partial charge in [-0.25, -0.2) is 9.18 Å². The van der Waals surface area contributed by atoms with Gasteiger partial charge in [0.2, 0.25) is 11.8 Å². The molecule has 0 spiro atoms. The van der Waals surface area contributed by atoms with Gasteiger partial charge in [-0.2, -0.15) is 0 Å². The van der Waals surface area contributed by atoms with Crippen molar-refractivity contribution >= 4 is 21.9 Å². The Morgan fingerprint density at radius 1 is 1.45 bits per heavy atom. The van der Waals surface area contributed by atoms with Gasteiger partial charge in [0.1, 0.15) is 5.82 Å². The number of carbonyl (C=O) groups is 1. The van der Waals surface area contributed by atoms with Crippen molar-refractivity contribution < 1.29 is 18.3 Å².